The molecule has 11 nitrogen and oxygen atoms in total. The van der Waals surface area contributed by atoms with Gasteiger partial charge < -0.3 is 25.2 Å². The first-order chi connectivity index (χ1) is 29.6. The minimum absolute atomic E-state index is 0.0946. The summed E-state index contributed by atoms with van der Waals surface area (Å²) in [4.78, 5) is 46.0. The Bertz CT molecular complexity index is 1350. The van der Waals surface area contributed by atoms with Crippen LogP contribution in [0, 0.1) is 0 Å². The van der Waals surface area contributed by atoms with Crippen LogP contribution in [0.2, 0.25) is 0 Å². The highest BCUT2D eigenvalue weighted by Gasteiger charge is 2.28. The second kappa shape index (κ2) is 43.3. The highest BCUT2D eigenvalue weighted by Crippen LogP contribution is 2.43. The molecule has 0 fully saturated rings. The second-order valence-corrected chi connectivity index (χ2v) is 16.7. The number of hydrogen-bond acceptors (Lipinski definition) is 8. The van der Waals surface area contributed by atoms with Crippen LogP contribution in [0.25, 0.3) is 0 Å². The maximum Gasteiger partial charge on any atom is 0.472 e. The van der Waals surface area contributed by atoms with E-state index in [1.165, 1.54) is 64.2 Å². The molecule has 0 saturated heterocycles. The molecule has 0 aliphatic heterocycles. The first kappa shape index (κ1) is 57.7. The molecule has 0 bridgehead atoms. The number of rotatable bonds is 42. The number of carbonyl (C=O) groups is 3. The summed E-state index contributed by atoms with van der Waals surface area (Å²) in [6, 6.07) is -1.56. The van der Waals surface area contributed by atoms with Gasteiger partial charge in [0.25, 0.3) is 0 Å². The van der Waals surface area contributed by atoms with Gasteiger partial charge in [-0.2, -0.15) is 0 Å². The number of allylic oxidation sites excluding steroid dienone is 14. The summed E-state index contributed by atoms with van der Waals surface area (Å²) in [6.45, 7) is 2.39. The van der Waals surface area contributed by atoms with Crippen LogP contribution in [0.5, 0.6) is 0 Å². The van der Waals surface area contributed by atoms with Crippen molar-refractivity contribution < 1.29 is 47.8 Å². The standard InChI is InChI=1S/C49H82NO10P/c1-3-5-7-9-11-13-15-17-19-21-23-25-27-29-31-33-35-37-39-41-48(53)58-42-45(51)43-59-61(56,57)60-44-46(49(54)55)50-47(52)40-38-36-34-32-30-28-26-24-22-20-18-16-14-12-10-8-6-4-2/h5,7,11,13,17,19-20,22-23,25,29,31,35,37,45-46,51H,3-4,6,8-10,12,14-16,18,21,24,26-28,30,32-34,36,38-44H2,1-2H3,(H,50,52)(H,54,55)(H,56,57)/b7-5-,13-11-,19-17-,22-20-,25-23-,31-29-,37-35-. The molecule has 0 aliphatic carbocycles. The number of amides is 1. The minimum Gasteiger partial charge on any atom is -0.480 e. The maximum atomic E-state index is 12.3. The van der Waals surface area contributed by atoms with Gasteiger partial charge in [0, 0.05) is 12.8 Å². The van der Waals surface area contributed by atoms with E-state index < -0.39 is 57.6 Å². The Kier molecular flexibility index (Phi) is 40.9. The highest BCUT2D eigenvalue weighted by atomic mass is 31.2. The number of esters is 1. The molecule has 348 valence electrons. The smallest absolute Gasteiger partial charge is 0.472 e. The molecular weight excluding hydrogens is 794 g/mol. The van der Waals surface area contributed by atoms with Gasteiger partial charge in [0.2, 0.25) is 5.91 Å². The molecule has 0 aromatic carbocycles. The Labute approximate surface area is 369 Å². The third-order valence-electron chi connectivity index (χ3n) is 9.43. The third kappa shape index (κ3) is 43.1. The average Bonchev–Trinajstić information content (AvgIpc) is 3.24. The van der Waals surface area contributed by atoms with Crippen LogP contribution in [0.3, 0.4) is 0 Å². The number of hydrogen-bond donors (Lipinski definition) is 4. The van der Waals surface area contributed by atoms with E-state index in [1.54, 1.807) is 0 Å². The zero-order chi connectivity index (χ0) is 44.9. The lowest BCUT2D eigenvalue weighted by Gasteiger charge is -2.18. The molecule has 0 heterocycles. The molecule has 12 heteroatoms. The van der Waals surface area contributed by atoms with Crippen LogP contribution < -0.4 is 5.32 Å². The Hall–Kier alpha value is -3.34. The molecule has 4 N–H and O–H groups in total. The average molecular weight is 876 g/mol. The SMILES string of the molecule is CC/C=C\C/C=C\C/C=C\C/C=C\C/C=C\C/C=C\CCC(=O)OCC(O)COP(=O)(O)OCC(NC(=O)CCCCCCCCC/C=C\CCCCCCCCC)C(=O)O. The Morgan fingerprint density at radius 2 is 0.967 bits per heavy atom. The highest BCUT2D eigenvalue weighted by molar-refractivity contribution is 7.47. The number of unbranched alkanes of at least 4 members (excludes halogenated alkanes) is 14. The summed E-state index contributed by atoms with van der Waals surface area (Å²) >= 11 is 0. The van der Waals surface area contributed by atoms with Gasteiger partial charge in [0.15, 0.2) is 6.04 Å². The van der Waals surface area contributed by atoms with E-state index in [2.05, 4.69) is 86.0 Å². The van der Waals surface area contributed by atoms with Crippen molar-refractivity contribution in [3.8, 4) is 0 Å². The van der Waals surface area contributed by atoms with E-state index in [1.807, 2.05) is 18.2 Å². The zero-order valence-electron chi connectivity index (χ0n) is 37.7. The molecule has 3 unspecified atom stereocenters. The number of ether oxygens (including phenoxy) is 1. The molecular formula is C49H82NO10P. The molecule has 0 aromatic heterocycles. The molecule has 0 saturated carbocycles. The van der Waals surface area contributed by atoms with Crippen LogP contribution in [0.1, 0.15) is 174 Å². The van der Waals surface area contributed by atoms with Crippen molar-refractivity contribution in [2.24, 2.45) is 0 Å². The van der Waals surface area contributed by atoms with Crippen molar-refractivity contribution in [2.45, 2.75) is 187 Å². The van der Waals surface area contributed by atoms with Gasteiger partial charge in [0.05, 0.1) is 13.2 Å². The molecule has 3 atom stereocenters. The number of aliphatic carboxylic acids is 1. The minimum atomic E-state index is -4.78. The number of aliphatic hydroxyl groups is 1. The second-order valence-electron chi connectivity index (χ2n) is 15.2. The molecule has 0 radical (unpaired) electrons. The summed E-state index contributed by atoms with van der Waals surface area (Å²) in [5.74, 6) is -2.48. The van der Waals surface area contributed by atoms with Crippen molar-refractivity contribution in [3.05, 3.63) is 85.1 Å². The van der Waals surface area contributed by atoms with Gasteiger partial charge in [-0.15, -0.1) is 0 Å². The fourth-order valence-electron chi connectivity index (χ4n) is 5.86. The molecule has 0 aliphatic rings. The summed E-state index contributed by atoms with van der Waals surface area (Å²) < 4.78 is 26.8. The summed E-state index contributed by atoms with van der Waals surface area (Å²) in [5.41, 5.74) is 0. The van der Waals surface area contributed by atoms with E-state index in [0.717, 1.165) is 70.6 Å². The normalized spacial score (nSPS) is 14.4. The van der Waals surface area contributed by atoms with Crippen molar-refractivity contribution in [2.75, 3.05) is 19.8 Å². The summed E-state index contributed by atoms with van der Waals surface area (Å²) in [7, 11) is -4.78. The van der Waals surface area contributed by atoms with Gasteiger partial charge in [-0.25, -0.2) is 9.36 Å². The number of carbonyl (C=O) groups excluding carboxylic acids is 2. The van der Waals surface area contributed by atoms with Gasteiger partial charge in [-0.05, 0) is 77.0 Å². The fraction of sp³-hybridized carbons (Fsp3) is 0.653. The Morgan fingerprint density at radius 3 is 1.46 bits per heavy atom. The molecule has 1 amide bonds. The number of carboxylic acid groups (broad SMARTS) is 1. The lowest BCUT2D eigenvalue weighted by molar-refractivity contribution is -0.147. The predicted octanol–water partition coefficient (Wildman–Crippen LogP) is 12.3. The van der Waals surface area contributed by atoms with Crippen molar-refractivity contribution in [3.63, 3.8) is 0 Å². The number of carboxylic acids is 1. The van der Waals surface area contributed by atoms with Crippen LogP contribution >= 0.6 is 7.82 Å². The van der Waals surface area contributed by atoms with Crippen molar-refractivity contribution in [1.29, 1.82) is 0 Å². The van der Waals surface area contributed by atoms with Crippen molar-refractivity contribution in [1.82, 2.24) is 5.32 Å². The van der Waals surface area contributed by atoms with Crippen LogP contribution in [-0.4, -0.2) is 64.9 Å². The number of nitrogens with one attached hydrogen (secondary N) is 1. The van der Waals surface area contributed by atoms with E-state index in [-0.39, 0.29) is 12.8 Å². The maximum absolute atomic E-state index is 12.3. The van der Waals surface area contributed by atoms with Crippen LogP contribution in [0.15, 0.2) is 85.1 Å². The van der Waals surface area contributed by atoms with Gasteiger partial charge in [-0.1, -0.05) is 170 Å². The quantitative estimate of drug-likeness (QED) is 0.0200. The van der Waals surface area contributed by atoms with E-state index in [4.69, 9.17) is 13.8 Å². The molecule has 0 aromatic rings. The van der Waals surface area contributed by atoms with E-state index in [0.29, 0.717) is 12.8 Å². The molecule has 0 rings (SSSR count). The van der Waals surface area contributed by atoms with Gasteiger partial charge in [0.1, 0.15) is 12.7 Å². The third-order valence-corrected chi connectivity index (χ3v) is 10.4. The first-order valence-electron chi connectivity index (χ1n) is 23.1. The van der Waals surface area contributed by atoms with Crippen LogP contribution in [-0.2, 0) is 32.7 Å². The number of aliphatic hydroxyl groups excluding tert-OH is 1. The van der Waals surface area contributed by atoms with Crippen LogP contribution in [0.4, 0.5) is 0 Å². The lowest BCUT2D eigenvalue weighted by Crippen LogP contribution is -2.43. The topological polar surface area (TPSA) is 169 Å². The van der Waals surface area contributed by atoms with Gasteiger partial charge in [-0.3, -0.25) is 18.6 Å². The molecule has 61 heavy (non-hydrogen) atoms. The number of phosphoric acid groups is 1. The van der Waals surface area contributed by atoms with E-state index in [9.17, 15) is 34.1 Å². The van der Waals surface area contributed by atoms with Gasteiger partial charge >= 0.3 is 19.8 Å². The zero-order valence-corrected chi connectivity index (χ0v) is 38.6. The predicted molar refractivity (Wildman–Crippen MR) is 249 cm³/mol. The van der Waals surface area contributed by atoms with Crippen molar-refractivity contribution >= 4 is 25.7 Å². The lowest BCUT2D eigenvalue weighted by atomic mass is 10.1. The summed E-state index contributed by atoms with van der Waals surface area (Å²) in [5, 5.41) is 21.8. The fourth-order valence-corrected chi connectivity index (χ4v) is 6.64. The molecule has 0 spiro atoms. The Balaban J connectivity index is 3.99. The summed E-state index contributed by atoms with van der Waals surface area (Å²) in [6.07, 6.45) is 53.3. The number of phosphoric ester groups is 1. The monoisotopic (exact) mass is 876 g/mol. The van der Waals surface area contributed by atoms with E-state index >= 15 is 0 Å². The first-order valence-corrected chi connectivity index (χ1v) is 24.6. The Morgan fingerprint density at radius 1 is 0.541 bits per heavy atom. The largest absolute Gasteiger partial charge is 0.480 e.